The van der Waals surface area contributed by atoms with Crippen LogP contribution in [0.5, 0.6) is 0 Å². The van der Waals surface area contributed by atoms with Gasteiger partial charge in [-0.25, -0.2) is 15.8 Å². The van der Waals surface area contributed by atoms with Crippen molar-refractivity contribution < 1.29 is 18.7 Å². The third-order valence-corrected chi connectivity index (χ3v) is 5.25. The maximum atomic E-state index is 14.6. The number of halogens is 1. The Morgan fingerprint density at radius 2 is 2.31 bits per heavy atom. The van der Waals surface area contributed by atoms with Crippen LogP contribution >= 0.6 is 0 Å². The van der Waals surface area contributed by atoms with Crippen LogP contribution in [0.25, 0.3) is 10.4 Å². The average Bonchev–Trinajstić information content (AvgIpc) is 2.93. The largest absolute Gasteiger partial charge is 0.442 e. The lowest BCUT2D eigenvalue weighted by Crippen LogP contribution is -2.33. The van der Waals surface area contributed by atoms with E-state index in [9.17, 15) is 14.0 Å². The molecule has 2 amide bonds. The summed E-state index contributed by atoms with van der Waals surface area (Å²) in [7, 11) is 0. The van der Waals surface area contributed by atoms with Gasteiger partial charge in [0.15, 0.2) is 0 Å². The highest BCUT2D eigenvalue weighted by atomic mass is 19.1. The Labute approximate surface area is 150 Å². The molecule has 0 spiro atoms. The van der Waals surface area contributed by atoms with Crippen LogP contribution in [0.15, 0.2) is 24.3 Å². The van der Waals surface area contributed by atoms with Crippen molar-refractivity contribution in [1.82, 2.24) is 5.32 Å². The fourth-order valence-electron chi connectivity index (χ4n) is 3.82. The van der Waals surface area contributed by atoms with Gasteiger partial charge in [0, 0.05) is 12.5 Å². The van der Waals surface area contributed by atoms with E-state index in [2.05, 4.69) is 10.2 Å². The van der Waals surface area contributed by atoms with Crippen LogP contribution in [0.1, 0.15) is 18.9 Å². The van der Waals surface area contributed by atoms with E-state index in [1.807, 2.05) is 6.08 Å². The van der Waals surface area contributed by atoms with Crippen LogP contribution in [-0.4, -0.2) is 37.2 Å². The van der Waals surface area contributed by atoms with Crippen molar-refractivity contribution in [2.45, 2.75) is 25.5 Å². The molecular weight excluding hydrogens is 337 g/mol. The molecule has 1 heterocycles. The summed E-state index contributed by atoms with van der Waals surface area (Å²) in [5.41, 5.74) is 1.91. The number of nitrogens with zero attached hydrogens (tertiary/aromatic N) is 2. The van der Waals surface area contributed by atoms with E-state index >= 15 is 0 Å². The van der Waals surface area contributed by atoms with Crippen LogP contribution in [0.2, 0.25) is 0 Å². The smallest absolute Gasteiger partial charge is 0.414 e. The molecule has 1 aromatic rings. The second-order valence-corrected chi connectivity index (χ2v) is 6.97. The summed E-state index contributed by atoms with van der Waals surface area (Å²) >= 11 is 0. The van der Waals surface area contributed by atoms with Crippen LogP contribution in [0.3, 0.4) is 0 Å². The van der Waals surface area contributed by atoms with Crippen molar-refractivity contribution in [2.24, 2.45) is 11.8 Å². The minimum atomic E-state index is -0.547. The molecule has 0 aromatic heterocycles. The Kier molecular flexibility index (Phi) is 3.91. The molecule has 2 fully saturated rings. The summed E-state index contributed by atoms with van der Waals surface area (Å²) < 4.78 is 19.8. The molecule has 1 aliphatic heterocycles. The molecular formula is C19H18FN3O3. The van der Waals surface area contributed by atoms with Gasteiger partial charge in [-0.05, 0) is 30.2 Å². The minimum absolute atomic E-state index is 0.0704. The molecule has 1 aromatic carbocycles. The standard InChI is InChI=1S/C19H18FN3O3/c1-10(24)22-8-13-9-23(19(25)26-13)12-3-4-14(17(20)7-12)11-5-15-16(6-11)18(15)21-2/h3-5,7,13,15-16,18H,6,8-9H2,1H3,(H,22,24)/t13-,15-,16+,18?/m0/s1. The van der Waals surface area contributed by atoms with Gasteiger partial charge in [0.05, 0.1) is 30.6 Å². The second kappa shape index (κ2) is 6.13. The van der Waals surface area contributed by atoms with Crippen LogP contribution < -0.4 is 10.2 Å². The van der Waals surface area contributed by atoms with Gasteiger partial charge in [-0.2, -0.15) is 0 Å². The average molecular weight is 355 g/mol. The third kappa shape index (κ3) is 2.81. The number of hydrogen-bond acceptors (Lipinski definition) is 3. The number of fused-ring (bicyclic) bond motifs is 1. The molecule has 4 atom stereocenters. The Morgan fingerprint density at radius 1 is 1.50 bits per heavy atom. The number of anilines is 1. The monoisotopic (exact) mass is 355 g/mol. The summed E-state index contributed by atoms with van der Waals surface area (Å²) in [6.45, 7) is 8.98. The van der Waals surface area contributed by atoms with E-state index in [1.54, 1.807) is 12.1 Å². The molecule has 2 aliphatic carbocycles. The maximum absolute atomic E-state index is 14.6. The molecule has 134 valence electrons. The Morgan fingerprint density at radius 3 is 2.92 bits per heavy atom. The molecule has 26 heavy (non-hydrogen) atoms. The van der Waals surface area contributed by atoms with Crippen molar-refractivity contribution in [3.63, 3.8) is 0 Å². The first-order valence-corrected chi connectivity index (χ1v) is 8.57. The van der Waals surface area contributed by atoms with Crippen molar-refractivity contribution in [3.8, 4) is 0 Å². The van der Waals surface area contributed by atoms with Crippen LogP contribution in [0, 0.1) is 24.2 Å². The highest BCUT2D eigenvalue weighted by Crippen LogP contribution is 2.55. The molecule has 4 rings (SSSR count). The quantitative estimate of drug-likeness (QED) is 0.845. The van der Waals surface area contributed by atoms with E-state index < -0.39 is 12.2 Å². The normalized spacial score (nSPS) is 28.9. The zero-order chi connectivity index (χ0) is 18.4. The fourth-order valence-corrected chi connectivity index (χ4v) is 3.82. The van der Waals surface area contributed by atoms with Gasteiger partial charge >= 0.3 is 6.09 Å². The lowest BCUT2D eigenvalue weighted by Gasteiger charge is -2.15. The first-order chi connectivity index (χ1) is 12.5. The topological polar surface area (TPSA) is 63.0 Å². The molecule has 6 nitrogen and oxygen atoms in total. The number of amides is 2. The number of carbonyl (C=O) groups excluding carboxylic acids is 2. The Hall–Kier alpha value is -2.88. The predicted octanol–water partition coefficient (Wildman–Crippen LogP) is 2.61. The number of hydrogen-bond donors (Lipinski definition) is 1. The van der Waals surface area contributed by atoms with Crippen molar-refractivity contribution in [1.29, 1.82) is 0 Å². The van der Waals surface area contributed by atoms with E-state index in [4.69, 9.17) is 11.3 Å². The summed E-state index contributed by atoms with van der Waals surface area (Å²) in [4.78, 5) is 27.9. The lowest BCUT2D eigenvalue weighted by molar-refractivity contribution is -0.119. The number of cyclic esters (lactones) is 1. The number of ether oxygens (including phenoxy) is 1. The zero-order valence-corrected chi connectivity index (χ0v) is 14.2. The fraction of sp³-hybridized carbons (Fsp3) is 0.421. The van der Waals surface area contributed by atoms with Crippen LogP contribution in [0.4, 0.5) is 14.9 Å². The van der Waals surface area contributed by atoms with Crippen LogP contribution in [-0.2, 0) is 9.53 Å². The van der Waals surface area contributed by atoms with Gasteiger partial charge in [-0.1, -0.05) is 6.08 Å². The van der Waals surface area contributed by atoms with Crippen molar-refractivity contribution >= 4 is 23.3 Å². The molecule has 3 aliphatic rings. The van der Waals surface area contributed by atoms with Crippen molar-refractivity contribution in [3.05, 3.63) is 47.1 Å². The van der Waals surface area contributed by atoms with E-state index in [1.165, 1.54) is 17.9 Å². The number of nitrogens with one attached hydrogen (secondary N) is 1. The van der Waals surface area contributed by atoms with Gasteiger partial charge < -0.3 is 14.9 Å². The number of allylic oxidation sites excluding steroid dienone is 1. The third-order valence-electron chi connectivity index (χ3n) is 5.25. The Bertz CT molecular complexity index is 860. The predicted molar refractivity (Wildman–Crippen MR) is 92.7 cm³/mol. The molecule has 1 unspecified atom stereocenters. The molecule has 7 heteroatoms. The minimum Gasteiger partial charge on any atom is -0.442 e. The van der Waals surface area contributed by atoms with Gasteiger partial charge in [-0.3, -0.25) is 9.69 Å². The Balaban J connectivity index is 1.47. The first-order valence-electron chi connectivity index (χ1n) is 8.57. The van der Waals surface area contributed by atoms with Gasteiger partial charge in [-0.15, -0.1) is 0 Å². The molecule has 1 saturated carbocycles. The van der Waals surface area contributed by atoms with Gasteiger partial charge in [0.1, 0.15) is 11.9 Å². The zero-order valence-electron chi connectivity index (χ0n) is 14.2. The van der Waals surface area contributed by atoms with Gasteiger partial charge in [0.25, 0.3) is 0 Å². The molecule has 1 saturated heterocycles. The highest BCUT2D eigenvalue weighted by molar-refractivity contribution is 5.90. The summed E-state index contributed by atoms with van der Waals surface area (Å²) in [5, 5.41) is 2.61. The highest BCUT2D eigenvalue weighted by Gasteiger charge is 2.59. The summed E-state index contributed by atoms with van der Waals surface area (Å²) in [5.74, 6) is 0.0279. The lowest BCUT2D eigenvalue weighted by atomic mass is 10.0. The van der Waals surface area contributed by atoms with E-state index in [-0.39, 0.29) is 36.8 Å². The maximum Gasteiger partial charge on any atom is 0.414 e. The molecule has 0 bridgehead atoms. The first kappa shape index (κ1) is 16.6. The number of benzene rings is 1. The SMILES string of the molecule is [C-]#[N+]C1[C@H]2C=C(c3ccc(N4C[C@H](CNC(C)=O)OC4=O)cc3F)C[C@@H]12. The summed E-state index contributed by atoms with van der Waals surface area (Å²) in [6.07, 6.45) is 1.75. The van der Waals surface area contributed by atoms with E-state index in [0.29, 0.717) is 17.2 Å². The van der Waals surface area contributed by atoms with E-state index in [0.717, 1.165) is 12.0 Å². The molecule has 0 radical (unpaired) electrons. The summed E-state index contributed by atoms with van der Waals surface area (Å²) in [6, 6.07) is 4.80. The van der Waals surface area contributed by atoms with Crippen molar-refractivity contribution in [2.75, 3.05) is 18.0 Å². The number of carbonyl (C=O) groups is 2. The van der Waals surface area contributed by atoms with Gasteiger partial charge in [0.2, 0.25) is 11.9 Å². The second-order valence-electron chi connectivity index (χ2n) is 6.97. The number of rotatable bonds is 4. The molecule has 1 N–H and O–H groups in total.